The predicted molar refractivity (Wildman–Crippen MR) is 71.3 cm³/mol. The molecule has 1 aliphatic carbocycles. The first-order chi connectivity index (χ1) is 8.92. The standard InChI is InChI=1S/C13H16N4S/c1-3-8-7-14-11(9(8)4-1)13-15-12(16-17-13)10-5-2-6-18-10/h2,5-6,8-9,11,14H,1,3-4,7H2,(H,15,16,17). The van der Waals surface area contributed by atoms with E-state index in [1.807, 2.05) is 6.07 Å². The van der Waals surface area contributed by atoms with Crippen LogP contribution in [-0.2, 0) is 0 Å². The first kappa shape index (κ1) is 10.7. The fraction of sp³-hybridized carbons (Fsp3) is 0.538. The van der Waals surface area contributed by atoms with Crippen molar-refractivity contribution in [2.45, 2.75) is 25.3 Å². The highest BCUT2D eigenvalue weighted by Gasteiger charge is 2.41. The average molecular weight is 260 g/mol. The number of nitrogens with zero attached hydrogens (tertiary/aromatic N) is 2. The molecule has 2 aliphatic rings. The minimum absolute atomic E-state index is 0.388. The van der Waals surface area contributed by atoms with Gasteiger partial charge in [0.1, 0.15) is 5.82 Å². The van der Waals surface area contributed by atoms with Crippen molar-refractivity contribution in [3.05, 3.63) is 23.3 Å². The summed E-state index contributed by atoms with van der Waals surface area (Å²) in [7, 11) is 0. The molecule has 0 aromatic carbocycles. The van der Waals surface area contributed by atoms with Crippen molar-refractivity contribution < 1.29 is 0 Å². The van der Waals surface area contributed by atoms with Crippen LogP contribution in [0.2, 0.25) is 0 Å². The van der Waals surface area contributed by atoms with Gasteiger partial charge in [-0.05, 0) is 42.7 Å². The molecule has 2 fully saturated rings. The van der Waals surface area contributed by atoms with Crippen LogP contribution in [0.5, 0.6) is 0 Å². The molecule has 3 unspecified atom stereocenters. The highest BCUT2D eigenvalue weighted by Crippen LogP contribution is 2.43. The van der Waals surface area contributed by atoms with Crippen LogP contribution in [0.25, 0.3) is 10.7 Å². The normalized spacial score (nSPS) is 30.8. The molecule has 3 atom stereocenters. The van der Waals surface area contributed by atoms with Crippen molar-refractivity contribution in [1.29, 1.82) is 0 Å². The quantitative estimate of drug-likeness (QED) is 0.872. The lowest BCUT2D eigenvalue weighted by Gasteiger charge is -2.14. The number of hydrogen-bond acceptors (Lipinski definition) is 4. The molecule has 3 heterocycles. The number of rotatable bonds is 2. The monoisotopic (exact) mass is 260 g/mol. The Hall–Kier alpha value is -1.20. The van der Waals surface area contributed by atoms with E-state index in [1.54, 1.807) is 11.3 Å². The van der Waals surface area contributed by atoms with Gasteiger partial charge in [0.15, 0.2) is 5.82 Å². The van der Waals surface area contributed by atoms with Crippen molar-refractivity contribution in [1.82, 2.24) is 20.5 Å². The minimum atomic E-state index is 0.388. The Balaban J connectivity index is 1.62. The van der Waals surface area contributed by atoms with Gasteiger partial charge >= 0.3 is 0 Å². The lowest BCUT2D eigenvalue weighted by Crippen LogP contribution is -2.19. The molecule has 1 aliphatic heterocycles. The van der Waals surface area contributed by atoms with Crippen molar-refractivity contribution in [3.63, 3.8) is 0 Å². The molecular weight excluding hydrogens is 244 g/mol. The molecule has 1 saturated heterocycles. The van der Waals surface area contributed by atoms with E-state index < -0.39 is 0 Å². The fourth-order valence-corrected chi connectivity index (χ4v) is 4.07. The summed E-state index contributed by atoms with van der Waals surface area (Å²) in [5.41, 5.74) is 0. The number of H-pyrrole nitrogens is 1. The zero-order chi connectivity index (χ0) is 11.9. The second-order valence-electron chi connectivity index (χ2n) is 5.26. The van der Waals surface area contributed by atoms with Crippen LogP contribution in [0, 0.1) is 11.8 Å². The van der Waals surface area contributed by atoms with E-state index >= 15 is 0 Å². The summed E-state index contributed by atoms with van der Waals surface area (Å²) in [6, 6.07) is 4.49. The Morgan fingerprint density at radius 1 is 1.33 bits per heavy atom. The van der Waals surface area contributed by atoms with Gasteiger partial charge in [-0.1, -0.05) is 12.5 Å². The van der Waals surface area contributed by atoms with Crippen LogP contribution >= 0.6 is 11.3 Å². The number of thiophene rings is 1. The molecule has 0 amide bonds. The van der Waals surface area contributed by atoms with Crippen LogP contribution in [0.1, 0.15) is 31.1 Å². The number of aromatic amines is 1. The number of nitrogens with one attached hydrogen (secondary N) is 2. The maximum Gasteiger partial charge on any atom is 0.191 e. The van der Waals surface area contributed by atoms with Gasteiger partial charge in [-0.25, -0.2) is 4.98 Å². The Bertz CT molecular complexity index is 533. The van der Waals surface area contributed by atoms with Gasteiger partial charge in [0, 0.05) is 0 Å². The third-order valence-corrected chi connectivity index (χ3v) is 5.15. The summed E-state index contributed by atoms with van der Waals surface area (Å²) < 4.78 is 0. The van der Waals surface area contributed by atoms with Gasteiger partial charge in [-0.3, -0.25) is 5.10 Å². The van der Waals surface area contributed by atoms with E-state index in [0.717, 1.165) is 34.9 Å². The highest BCUT2D eigenvalue weighted by molar-refractivity contribution is 7.13. The third-order valence-electron chi connectivity index (χ3n) is 4.28. The van der Waals surface area contributed by atoms with Gasteiger partial charge in [0.05, 0.1) is 10.9 Å². The van der Waals surface area contributed by atoms with Crippen LogP contribution in [0.3, 0.4) is 0 Å². The van der Waals surface area contributed by atoms with E-state index in [4.69, 9.17) is 0 Å². The zero-order valence-corrected chi connectivity index (χ0v) is 10.9. The molecule has 94 valence electrons. The van der Waals surface area contributed by atoms with Crippen LogP contribution in [-0.4, -0.2) is 21.7 Å². The summed E-state index contributed by atoms with van der Waals surface area (Å²) in [6.07, 6.45) is 4.08. The van der Waals surface area contributed by atoms with Crippen molar-refractivity contribution in [2.24, 2.45) is 11.8 Å². The summed E-state index contributed by atoms with van der Waals surface area (Å²) in [4.78, 5) is 5.81. The molecule has 2 aromatic heterocycles. The lowest BCUT2D eigenvalue weighted by molar-refractivity contribution is 0.408. The van der Waals surface area contributed by atoms with Crippen LogP contribution < -0.4 is 5.32 Å². The molecular formula is C13H16N4S. The van der Waals surface area contributed by atoms with Crippen LogP contribution in [0.4, 0.5) is 0 Å². The lowest BCUT2D eigenvalue weighted by atomic mass is 9.94. The highest BCUT2D eigenvalue weighted by atomic mass is 32.1. The Morgan fingerprint density at radius 2 is 2.33 bits per heavy atom. The zero-order valence-electron chi connectivity index (χ0n) is 10.1. The molecule has 0 spiro atoms. The number of aromatic nitrogens is 3. The SMILES string of the molecule is c1csc(-c2n[nH]c(C3NCC4CCCC43)n2)c1. The predicted octanol–water partition coefficient (Wildman–Crippen LogP) is 2.59. The van der Waals surface area contributed by atoms with E-state index in [1.165, 1.54) is 19.3 Å². The van der Waals surface area contributed by atoms with Crippen molar-refractivity contribution in [2.75, 3.05) is 6.54 Å². The summed E-state index contributed by atoms with van der Waals surface area (Å²) in [5.74, 6) is 3.47. The van der Waals surface area contributed by atoms with Gasteiger partial charge in [-0.15, -0.1) is 11.3 Å². The van der Waals surface area contributed by atoms with Gasteiger partial charge < -0.3 is 5.32 Å². The molecule has 18 heavy (non-hydrogen) atoms. The Labute approximate surface area is 110 Å². The average Bonchev–Trinajstić information content (AvgIpc) is 3.13. The molecule has 2 N–H and O–H groups in total. The first-order valence-corrected chi connectivity index (χ1v) is 7.49. The van der Waals surface area contributed by atoms with E-state index in [0.29, 0.717) is 6.04 Å². The second-order valence-corrected chi connectivity index (χ2v) is 6.21. The minimum Gasteiger partial charge on any atom is -0.307 e. The van der Waals surface area contributed by atoms with Gasteiger partial charge in [0.2, 0.25) is 0 Å². The fourth-order valence-electron chi connectivity index (χ4n) is 3.42. The Kier molecular flexibility index (Phi) is 2.48. The molecule has 2 aromatic rings. The second kappa shape index (κ2) is 4.17. The topological polar surface area (TPSA) is 53.6 Å². The third kappa shape index (κ3) is 1.61. The maximum atomic E-state index is 4.68. The van der Waals surface area contributed by atoms with Gasteiger partial charge in [0.25, 0.3) is 0 Å². The molecule has 4 rings (SSSR count). The molecule has 0 radical (unpaired) electrons. The summed E-state index contributed by atoms with van der Waals surface area (Å²) in [5, 5.41) is 13.1. The molecule has 0 bridgehead atoms. The molecule has 4 nitrogen and oxygen atoms in total. The van der Waals surface area contributed by atoms with Crippen LogP contribution in [0.15, 0.2) is 17.5 Å². The van der Waals surface area contributed by atoms with E-state index in [2.05, 4.69) is 31.9 Å². The molecule has 5 heteroatoms. The molecule has 1 saturated carbocycles. The number of hydrogen-bond donors (Lipinski definition) is 2. The smallest absolute Gasteiger partial charge is 0.191 e. The summed E-state index contributed by atoms with van der Waals surface area (Å²) >= 11 is 1.69. The van der Waals surface area contributed by atoms with E-state index in [-0.39, 0.29) is 0 Å². The van der Waals surface area contributed by atoms with E-state index in [9.17, 15) is 0 Å². The van der Waals surface area contributed by atoms with Crippen molar-refractivity contribution >= 4 is 11.3 Å². The summed E-state index contributed by atoms with van der Waals surface area (Å²) in [6.45, 7) is 1.14. The largest absolute Gasteiger partial charge is 0.307 e. The first-order valence-electron chi connectivity index (χ1n) is 6.61. The van der Waals surface area contributed by atoms with Crippen molar-refractivity contribution in [3.8, 4) is 10.7 Å². The Morgan fingerprint density at radius 3 is 3.22 bits per heavy atom. The van der Waals surface area contributed by atoms with Gasteiger partial charge in [-0.2, -0.15) is 5.10 Å². The maximum absolute atomic E-state index is 4.68. The number of fused-ring (bicyclic) bond motifs is 1.